The first-order chi connectivity index (χ1) is 12.0. The standard InChI is InChI=1S/C18H21N5O2/c1-13-9-14(2)11-15(10-13)19-17-4-3-16(20-21-17)18(25)23-7-5-22(12-24)6-8-23/h3-4,9-12H,5-8H2,1-2H3,(H,19,21). The van der Waals surface area contributed by atoms with Gasteiger partial charge in [0.15, 0.2) is 11.5 Å². The summed E-state index contributed by atoms with van der Waals surface area (Å²) in [5.74, 6) is 0.434. The molecule has 1 fully saturated rings. The number of nitrogens with one attached hydrogen (secondary N) is 1. The van der Waals surface area contributed by atoms with Gasteiger partial charge in [-0.3, -0.25) is 9.59 Å². The number of nitrogens with zero attached hydrogens (tertiary/aromatic N) is 4. The van der Waals surface area contributed by atoms with Gasteiger partial charge in [0.25, 0.3) is 5.91 Å². The summed E-state index contributed by atoms with van der Waals surface area (Å²) in [4.78, 5) is 26.5. The van der Waals surface area contributed by atoms with Crippen LogP contribution >= 0.6 is 0 Å². The molecule has 2 heterocycles. The Morgan fingerprint density at radius 3 is 2.28 bits per heavy atom. The van der Waals surface area contributed by atoms with Gasteiger partial charge in [-0.05, 0) is 49.2 Å². The van der Waals surface area contributed by atoms with Crippen LogP contribution in [-0.2, 0) is 4.79 Å². The van der Waals surface area contributed by atoms with Gasteiger partial charge in [0.2, 0.25) is 6.41 Å². The first-order valence-corrected chi connectivity index (χ1v) is 8.23. The fourth-order valence-electron chi connectivity index (χ4n) is 2.90. The highest BCUT2D eigenvalue weighted by Gasteiger charge is 2.22. The van der Waals surface area contributed by atoms with Gasteiger partial charge in [-0.2, -0.15) is 0 Å². The zero-order valence-corrected chi connectivity index (χ0v) is 14.4. The Morgan fingerprint density at radius 2 is 1.72 bits per heavy atom. The molecule has 0 atom stereocenters. The summed E-state index contributed by atoms with van der Waals surface area (Å²) in [7, 11) is 0. The van der Waals surface area contributed by atoms with Crippen molar-refractivity contribution in [1.82, 2.24) is 20.0 Å². The number of rotatable bonds is 4. The van der Waals surface area contributed by atoms with E-state index in [4.69, 9.17) is 0 Å². The Kier molecular flexibility index (Phi) is 4.92. The average Bonchev–Trinajstić information content (AvgIpc) is 2.61. The summed E-state index contributed by atoms with van der Waals surface area (Å²) in [6.07, 6.45) is 0.815. The highest BCUT2D eigenvalue weighted by Crippen LogP contribution is 2.18. The van der Waals surface area contributed by atoms with E-state index >= 15 is 0 Å². The Labute approximate surface area is 146 Å². The maximum Gasteiger partial charge on any atom is 0.274 e. The van der Waals surface area contributed by atoms with Crippen LogP contribution in [0.2, 0.25) is 0 Å². The molecule has 0 spiro atoms. The van der Waals surface area contributed by atoms with E-state index in [2.05, 4.69) is 21.6 Å². The van der Waals surface area contributed by atoms with Gasteiger partial charge in [0, 0.05) is 31.9 Å². The van der Waals surface area contributed by atoms with E-state index in [1.165, 1.54) is 0 Å². The molecule has 1 aliphatic heterocycles. The summed E-state index contributed by atoms with van der Waals surface area (Å²) >= 11 is 0. The molecule has 1 saturated heterocycles. The quantitative estimate of drug-likeness (QED) is 0.859. The lowest BCUT2D eigenvalue weighted by Gasteiger charge is -2.32. The normalized spacial score (nSPS) is 14.3. The molecule has 1 aromatic carbocycles. The molecule has 7 nitrogen and oxygen atoms in total. The molecule has 2 amide bonds. The van der Waals surface area contributed by atoms with Crippen molar-refractivity contribution in [1.29, 1.82) is 0 Å². The minimum absolute atomic E-state index is 0.156. The summed E-state index contributed by atoms with van der Waals surface area (Å²) < 4.78 is 0. The number of hydrogen-bond acceptors (Lipinski definition) is 5. The number of hydrogen-bond donors (Lipinski definition) is 1. The Morgan fingerprint density at radius 1 is 1.04 bits per heavy atom. The largest absolute Gasteiger partial charge is 0.342 e. The maximum atomic E-state index is 12.4. The lowest BCUT2D eigenvalue weighted by atomic mass is 10.1. The third-order valence-electron chi connectivity index (χ3n) is 4.13. The number of amides is 2. The van der Waals surface area contributed by atoms with Gasteiger partial charge in [0.1, 0.15) is 0 Å². The Bertz CT molecular complexity index is 747. The van der Waals surface area contributed by atoms with Crippen LogP contribution in [0, 0.1) is 13.8 Å². The van der Waals surface area contributed by atoms with Gasteiger partial charge in [-0.25, -0.2) is 0 Å². The predicted octanol–water partition coefficient (Wildman–Crippen LogP) is 1.75. The van der Waals surface area contributed by atoms with Crippen molar-refractivity contribution in [3.05, 3.63) is 47.2 Å². The van der Waals surface area contributed by atoms with Gasteiger partial charge in [-0.1, -0.05) is 6.07 Å². The topological polar surface area (TPSA) is 78.4 Å². The molecule has 0 saturated carbocycles. The van der Waals surface area contributed by atoms with E-state index in [0.717, 1.165) is 23.2 Å². The van der Waals surface area contributed by atoms with Crippen LogP contribution in [-0.4, -0.2) is 58.5 Å². The van der Waals surface area contributed by atoms with Crippen LogP contribution in [0.5, 0.6) is 0 Å². The highest BCUT2D eigenvalue weighted by molar-refractivity contribution is 5.92. The minimum Gasteiger partial charge on any atom is -0.342 e. The van der Waals surface area contributed by atoms with Crippen molar-refractivity contribution >= 4 is 23.8 Å². The summed E-state index contributed by atoms with van der Waals surface area (Å²) in [5, 5.41) is 11.4. The molecule has 3 rings (SSSR count). The van der Waals surface area contributed by atoms with E-state index in [9.17, 15) is 9.59 Å². The molecule has 0 unspecified atom stereocenters. The van der Waals surface area contributed by atoms with Crippen LogP contribution in [0.15, 0.2) is 30.3 Å². The second-order valence-corrected chi connectivity index (χ2v) is 6.24. The molecule has 0 radical (unpaired) electrons. The molecular formula is C18H21N5O2. The minimum atomic E-state index is -0.156. The number of carbonyl (C=O) groups is 2. The summed E-state index contributed by atoms with van der Waals surface area (Å²) in [5.41, 5.74) is 3.58. The monoisotopic (exact) mass is 339 g/mol. The van der Waals surface area contributed by atoms with E-state index < -0.39 is 0 Å². The molecule has 1 N–H and O–H groups in total. The molecular weight excluding hydrogens is 318 g/mol. The number of carbonyl (C=O) groups excluding carboxylic acids is 2. The number of aromatic nitrogens is 2. The van der Waals surface area contributed by atoms with Crippen molar-refractivity contribution in [2.24, 2.45) is 0 Å². The zero-order valence-electron chi connectivity index (χ0n) is 14.4. The molecule has 7 heteroatoms. The van der Waals surface area contributed by atoms with Crippen LogP contribution in [0.25, 0.3) is 0 Å². The number of benzene rings is 1. The van der Waals surface area contributed by atoms with Gasteiger partial charge >= 0.3 is 0 Å². The fourth-order valence-corrected chi connectivity index (χ4v) is 2.90. The maximum absolute atomic E-state index is 12.4. The van der Waals surface area contributed by atoms with Crippen molar-refractivity contribution in [2.45, 2.75) is 13.8 Å². The lowest BCUT2D eigenvalue weighted by Crippen LogP contribution is -2.48. The molecule has 130 valence electrons. The van der Waals surface area contributed by atoms with Crippen LogP contribution < -0.4 is 5.32 Å². The highest BCUT2D eigenvalue weighted by atomic mass is 16.2. The molecule has 1 aliphatic rings. The first kappa shape index (κ1) is 16.9. The number of anilines is 2. The van der Waals surface area contributed by atoms with E-state index in [1.807, 2.05) is 26.0 Å². The van der Waals surface area contributed by atoms with Crippen molar-refractivity contribution in [3.8, 4) is 0 Å². The molecule has 2 aromatic rings. The second kappa shape index (κ2) is 7.29. The van der Waals surface area contributed by atoms with Crippen LogP contribution in [0.1, 0.15) is 21.6 Å². The van der Waals surface area contributed by atoms with Crippen molar-refractivity contribution in [3.63, 3.8) is 0 Å². The lowest BCUT2D eigenvalue weighted by molar-refractivity contribution is -0.119. The summed E-state index contributed by atoms with van der Waals surface area (Å²) in [6.45, 7) is 6.21. The molecule has 1 aromatic heterocycles. The average molecular weight is 339 g/mol. The summed E-state index contributed by atoms with van der Waals surface area (Å²) in [6, 6.07) is 9.58. The number of aryl methyl sites for hydroxylation is 2. The third kappa shape index (κ3) is 4.12. The molecule has 0 aliphatic carbocycles. The third-order valence-corrected chi connectivity index (χ3v) is 4.13. The van der Waals surface area contributed by atoms with E-state index in [0.29, 0.717) is 37.7 Å². The van der Waals surface area contributed by atoms with Crippen LogP contribution in [0.4, 0.5) is 11.5 Å². The van der Waals surface area contributed by atoms with Gasteiger partial charge in [0.05, 0.1) is 0 Å². The SMILES string of the molecule is Cc1cc(C)cc(Nc2ccc(C(=O)N3CCN(C=O)CC3)nn2)c1. The van der Waals surface area contributed by atoms with Crippen LogP contribution in [0.3, 0.4) is 0 Å². The van der Waals surface area contributed by atoms with Gasteiger partial charge in [-0.15, -0.1) is 10.2 Å². The Hall–Kier alpha value is -2.96. The Balaban J connectivity index is 1.65. The predicted molar refractivity (Wildman–Crippen MR) is 94.8 cm³/mol. The van der Waals surface area contributed by atoms with Crippen molar-refractivity contribution < 1.29 is 9.59 Å². The smallest absolute Gasteiger partial charge is 0.274 e. The molecule has 0 bridgehead atoms. The first-order valence-electron chi connectivity index (χ1n) is 8.23. The van der Waals surface area contributed by atoms with E-state index in [-0.39, 0.29) is 5.91 Å². The molecule has 25 heavy (non-hydrogen) atoms. The number of piperazine rings is 1. The second-order valence-electron chi connectivity index (χ2n) is 6.24. The van der Waals surface area contributed by atoms with Gasteiger partial charge < -0.3 is 15.1 Å². The van der Waals surface area contributed by atoms with E-state index in [1.54, 1.807) is 21.9 Å². The fraction of sp³-hybridized carbons (Fsp3) is 0.333. The van der Waals surface area contributed by atoms with Crippen molar-refractivity contribution in [2.75, 3.05) is 31.5 Å². The zero-order chi connectivity index (χ0) is 17.8.